The van der Waals surface area contributed by atoms with Crippen molar-refractivity contribution in [3.8, 4) is 11.8 Å². The Morgan fingerprint density at radius 3 is 3.00 bits per heavy atom. The Bertz CT molecular complexity index is 850. The maximum atomic E-state index is 12.0. The van der Waals surface area contributed by atoms with Gasteiger partial charge in [0.25, 0.3) is 5.91 Å². The summed E-state index contributed by atoms with van der Waals surface area (Å²) in [6.45, 7) is 0.128. The number of carbonyl (C=O) groups is 1. The van der Waals surface area contributed by atoms with Crippen LogP contribution in [-0.2, 0) is 6.61 Å². The summed E-state index contributed by atoms with van der Waals surface area (Å²) in [6.07, 6.45) is 1.61. The van der Waals surface area contributed by atoms with E-state index in [4.69, 9.17) is 14.4 Å². The number of rotatable bonds is 5. The highest BCUT2D eigenvalue weighted by molar-refractivity contribution is 7.13. The van der Waals surface area contributed by atoms with Crippen molar-refractivity contribution in [2.45, 2.75) is 6.61 Å². The van der Waals surface area contributed by atoms with Gasteiger partial charge in [0, 0.05) is 11.6 Å². The summed E-state index contributed by atoms with van der Waals surface area (Å²) in [5.74, 6) is 0.762. The third-order valence-electron chi connectivity index (χ3n) is 2.92. The normalized spacial score (nSPS) is 10.0. The Morgan fingerprint density at radius 1 is 1.35 bits per heavy atom. The molecular formula is C16H11N3O3S. The highest BCUT2D eigenvalue weighted by Gasteiger charge is 2.13. The van der Waals surface area contributed by atoms with Crippen LogP contribution in [0.3, 0.4) is 0 Å². The SMILES string of the molecule is N#Cc1ccccc1OCc1ccc(C(=O)Nc2nccs2)o1. The van der Waals surface area contributed by atoms with E-state index in [9.17, 15) is 4.79 Å². The van der Waals surface area contributed by atoms with Crippen molar-refractivity contribution in [2.75, 3.05) is 5.32 Å². The van der Waals surface area contributed by atoms with Crippen LogP contribution in [0, 0.1) is 11.3 Å². The molecule has 1 aromatic carbocycles. The predicted octanol–water partition coefficient (Wildman–Crippen LogP) is 3.44. The lowest BCUT2D eigenvalue weighted by molar-refractivity contribution is 0.0992. The van der Waals surface area contributed by atoms with E-state index in [0.717, 1.165) is 0 Å². The lowest BCUT2D eigenvalue weighted by atomic mass is 10.2. The number of aromatic nitrogens is 1. The summed E-state index contributed by atoms with van der Waals surface area (Å²) in [4.78, 5) is 16.0. The average Bonchev–Trinajstić information content (AvgIpc) is 3.24. The van der Waals surface area contributed by atoms with Crippen LogP contribution >= 0.6 is 11.3 Å². The minimum atomic E-state index is -0.372. The van der Waals surface area contributed by atoms with Crippen molar-refractivity contribution < 1.29 is 13.9 Å². The van der Waals surface area contributed by atoms with Crippen LogP contribution in [0.1, 0.15) is 21.9 Å². The number of nitrogens with zero attached hydrogens (tertiary/aromatic N) is 2. The van der Waals surface area contributed by atoms with Crippen molar-refractivity contribution in [1.82, 2.24) is 4.98 Å². The number of amides is 1. The lowest BCUT2D eigenvalue weighted by Crippen LogP contribution is -2.10. The fourth-order valence-corrected chi connectivity index (χ4v) is 2.38. The smallest absolute Gasteiger partial charge is 0.293 e. The third kappa shape index (κ3) is 3.56. The van der Waals surface area contributed by atoms with Gasteiger partial charge < -0.3 is 9.15 Å². The average molecular weight is 325 g/mol. The molecule has 0 saturated carbocycles. The fraction of sp³-hybridized carbons (Fsp3) is 0.0625. The van der Waals surface area contributed by atoms with Crippen LogP contribution < -0.4 is 10.1 Å². The standard InChI is InChI=1S/C16H11N3O3S/c17-9-11-3-1-2-4-13(11)21-10-12-5-6-14(22-12)15(20)19-16-18-7-8-23-16/h1-8H,10H2,(H,18,19,20). The van der Waals surface area contributed by atoms with Gasteiger partial charge in [0.2, 0.25) is 0 Å². The summed E-state index contributed by atoms with van der Waals surface area (Å²) in [5.41, 5.74) is 0.445. The number of benzene rings is 1. The van der Waals surface area contributed by atoms with E-state index in [1.165, 1.54) is 11.3 Å². The molecule has 0 aliphatic heterocycles. The molecule has 1 N–H and O–H groups in total. The zero-order valence-corrected chi connectivity index (χ0v) is 12.7. The summed E-state index contributed by atoms with van der Waals surface area (Å²) < 4.78 is 11.0. The van der Waals surface area contributed by atoms with Gasteiger partial charge in [-0.1, -0.05) is 12.1 Å². The second-order valence-corrected chi connectivity index (χ2v) is 5.35. The predicted molar refractivity (Wildman–Crippen MR) is 84.3 cm³/mol. The molecule has 0 aliphatic rings. The van der Waals surface area contributed by atoms with E-state index in [1.54, 1.807) is 48.0 Å². The number of thiazole rings is 1. The van der Waals surface area contributed by atoms with Crippen LogP contribution in [0.4, 0.5) is 5.13 Å². The van der Waals surface area contributed by atoms with Gasteiger partial charge in [0.1, 0.15) is 24.2 Å². The third-order valence-corrected chi connectivity index (χ3v) is 3.60. The lowest BCUT2D eigenvalue weighted by Gasteiger charge is -2.05. The monoisotopic (exact) mass is 325 g/mol. The van der Waals surface area contributed by atoms with Crippen LogP contribution in [0.15, 0.2) is 52.4 Å². The Balaban J connectivity index is 1.63. The molecule has 0 saturated heterocycles. The number of nitrogens with one attached hydrogen (secondary N) is 1. The molecule has 7 heteroatoms. The number of anilines is 1. The molecule has 23 heavy (non-hydrogen) atoms. The minimum absolute atomic E-state index is 0.128. The molecule has 2 aromatic heterocycles. The van der Waals surface area contributed by atoms with E-state index in [-0.39, 0.29) is 18.3 Å². The Kier molecular flexibility index (Phi) is 4.36. The molecule has 0 unspecified atom stereocenters. The maximum absolute atomic E-state index is 12.0. The summed E-state index contributed by atoms with van der Waals surface area (Å²) >= 11 is 1.32. The highest BCUT2D eigenvalue weighted by Crippen LogP contribution is 2.19. The van der Waals surface area contributed by atoms with Gasteiger partial charge in [-0.2, -0.15) is 5.26 Å². The zero-order chi connectivity index (χ0) is 16.1. The molecule has 6 nitrogen and oxygen atoms in total. The van der Waals surface area contributed by atoms with E-state index in [1.807, 2.05) is 0 Å². The summed E-state index contributed by atoms with van der Waals surface area (Å²) in [5, 5.41) is 13.9. The van der Waals surface area contributed by atoms with Crippen LogP contribution in [0.25, 0.3) is 0 Å². The van der Waals surface area contributed by atoms with Gasteiger partial charge in [0.05, 0.1) is 5.56 Å². The van der Waals surface area contributed by atoms with Crippen LogP contribution in [0.2, 0.25) is 0 Å². The molecule has 3 rings (SSSR count). The number of hydrogen-bond acceptors (Lipinski definition) is 6. The number of ether oxygens (including phenoxy) is 1. The first kappa shape index (κ1) is 14.8. The zero-order valence-electron chi connectivity index (χ0n) is 11.9. The second kappa shape index (κ2) is 6.77. The van der Waals surface area contributed by atoms with Gasteiger partial charge in [-0.3, -0.25) is 10.1 Å². The minimum Gasteiger partial charge on any atom is -0.484 e. The van der Waals surface area contributed by atoms with E-state index in [2.05, 4.69) is 16.4 Å². The molecule has 0 aliphatic carbocycles. The molecule has 1 amide bonds. The van der Waals surface area contributed by atoms with Gasteiger partial charge in [-0.05, 0) is 24.3 Å². The molecule has 114 valence electrons. The second-order valence-electron chi connectivity index (χ2n) is 4.45. The first-order valence-electron chi connectivity index (χ1n) is 6.68. The number of carbonyl (C=O) groups excluding carboxylic acids is 1. The van der Waals surface area contributed by atoms with Crippen LogP contribution in [-0.4, -0.2) is 10.9 Å². The summed E-state index contributed by atoms with van der Waals surface area (Å²) in [6, 6.07) is 12.2. The maximum Gasteiger partial charge on any atom is 0.293 e. The van der Waals surface area contributed by atoms with E-state index in [0.29, 0.717) is 22.2 Å². The number of para-hydroxylation sites is 1. The van der Waals surface area contributed by atoms with Gasteiger partial charge >= 0.3 is 0 Å². The van der Waals surface area contributed by atoms with Crippen molar-refractivity contribution in [1.29, 1.82) is 5.26 Å². The number of furan rings is 1. The van der Waals surface area contributed by atoms with E-state index < -0.39 is 0 Å². The number of nitriles is 1. The van der Waals surface area contributed by atoms with Crippen molar-refractivity contribution >= 4 is 22.4 Å². The van der Waals surface area contributed by atoms with Gasteiger partial charge in [-0.15, -0.1) is 11.3 Å². The van der Waals surface area contributed by atoms with Crippen LogP contribution in [0.5, 0.6) is 5.75 Å². The van der Waals surface area contributed by atoms with Crippen molar-refractivity contribution in [3.05, 3.63) is 65.1 Å². The first-order valence-corrected chi connectivity index (χ1v) is 7.55. The topological polar surface area (TPSA) is 88.1 Å². The Hall–Kier alpha value is -3.11. The Morgan fingerprint density at radius 2 is 2.22 bits per heavy atom. The highest BCUT2D eigenvalue weighted by atomic mass is 32.1. The number of hydrogen-bond donors (Lipinski definition) is 1. The molecule has 0 spiro atoms. The summed E-state index contributed by atoms with van der Waals surface area (Å²) in [7, 11) is 0. The molecule has 2 heterocycles. The van der Waals surface area contributed by atoms with Crippen molar-refractivity contribution in [2.24, 2.45) is 0 Å². The largest absolute Gasteiger partial charge is 0.484 e. The van der Waals surface area contributed by atoms with Gasteiger partial charge in [0.15, 0.2) is 10.9 Å². The molecule has 0 bridgehead atoms. The molecule has 0 radical (unpaired) electrons. The molecule has 3 aromatic rings. The first-order chi connectivity index (χ1) is 11.3. The molecular weight excluding hydrogens is 314 g/mol. The van der Waals surface area contributed by atoms with E-state index >= 15 is 0 Å². The molecule has 0 fully saturated rings. The fourth-order valence-electron chi connectivity index (χ4n) is 1.86. The quantitative estimate of drug-likeness (QED) is 0.776. The van der Waals surface area contributed by atoms with Gasteiger partial charge in [-0.25, -0.2) is 4.98 Å². The molecule has 0 atom stereocenters. The Labute approximate surface area is 136 Å². The van der Waals surface area contributed by atoms with Crippen molar-refractivity contribution in [3.63, 3.8) is 0 Å².